The number of halogens is 2. The molecule has 0 N–H and O–H groups in total. The molecule has 0 spiro atoms. The molecule has 0 saturated carbocycles. The van der Waals surface area contributed by atoms with Gasteiger partial charge in [0.25, 0.3) is 0 Å². The van der Waals surface area contributed by atoms with E-state index in [1.54, 1.807) is 18.2 Å². The monoisotopic (exact) mass is 438 g/mol. The fourth-order valence-electron chi connectivity index (χ4n) is 1.88. The molecule has 116 valence electrons. The summed E-state index contributed by atoms with van der Waals surface area (Å²) in [4.78, 5) is 30.4. The molecule has 8 heteroatoms. The Labute approximate surface area is 147 Å². The van der Waals surface area contributed by atoms with Gasteiger partial charge in [-0.1, -0.05) is 0 Å². The van der Waals surface area contributed by atoms with Gasteiger partial charge in [-0.25, -0.2) is 9.88 Å². The minimum atomic E-state index is -0.646. The molecule has 0 radical (unpaired) electrons. The van der Waals surface area contributed by atoms with E-state index in [1.807, 2.05) is 0 Å². The third-order valence-electron chi connectivity index (χ3n) is 2.87. The lowest BCUT2D eigenvalue weighted by Crippen LogP contribution is -2.37. The van der Waals surface area contributed by atoms with Crippen LogP contribution >= 0.6 is 31.9 Å². The molecule has 0 saturated heterocycles. The molecule has 0 atom stereocenters. The first kappa shape index (κ1) is 15.7. The fraction of sp³-hybridized carbons (Fsp3) is 0. The van der Waals surface area contributed by atoms with E-state index in [-0.39, 0.29) is 17.3 Å². The number of carbonyl (C=O) groups excluding carboxylic acids is 2. The smallest absolute Gasteiger partial charge is 0.302 e. The van der Waals surface area contributed by atoms with Crippen molar-refractivity contribution in [1.29, 1.82) is 0 Å². The summed E-state index contributed by atoms with van der Waals surface area (Å²) in [5, 5.41) is 0. The highest BCUT2D eigenvalue weighted by atomic mass is 79.9. The summed E-state index contributed by atoms with van der Waals surface area (Å²) in [5.41, 5.74) is 0. The van der Waals surface area contributed by atoms with Crippen LogP contribution < -0.4 is 4.90 Å². The lowest BCUT2D eigenvalue weighted by atomic mass is 10.3. The molecule has 0 bridgehead atoms. The minimum Gasteiger partial charge on any atom is -0.459 e. The van der Waals surface area contributed by atoms with Gasteiger partial charge in [0.2, 0.25) is 0 Å². The minimum absolute atomic E-state index is 0.0153. The summed E-state index contributed by atoms with van der Waals surface area (Å²) in [5.74, 6) is -1.13. The predicted molar refractivity (Wildman–Crippen MR) is 88.2 cm³/mol. The highest BCUT2D eigenvalue weighted by molar-refractivity contribution is 9.11. The van der Waals surface area contributed by atoms with Crippen LogP contribution in [0.2, 0.25) is 0 Å². The molecule has 23 heavy (non-hydrogen) atoms. The standard InChI is InChI=1S/C15H8Br2N2O4/c16-9-7-10(17)13(18-8-9)19(14(20)11-3-1-5-22-11)15(21)12-4-2-6-23-12/h1-8H. The SMILES string of the molecule is O=C(c1ccco1)N(C(=O)c1ccco1)c1ncc(Br)cc1Br. The molecule has 3 rings (SSSR count). The number of nitrogens with zero attached hydrogens (tertiary/aromatic N) is 2. The second-order valence-corrected chi connectivity index (χ2v) is 6.13. The summed E-state index contributed by atoms with van der Waals surface area (Å²) >= 11 is 6.59. The first-order valence-electron chi connectivity index (χ1n) is 6.35. The Morgan fingerprint density at radius 2 is 1.57 bits per heavy atom. The quantitative estimate of drug-likeness (QED) is 0.569. The Kier molecular flexibility index (Phi) is 4.44. The number of rotatable bonds is 3. The van der Waals surface area contributed by atoms with Gasteiger partial charge in [-0.2, -0.15) is 0 Å². The zero-order valence-corrected chi connectivity index (χ0v) is 14.6. The maximum atomic E-state index is 12.7. The summed E-state index contributed by atoms with van der Waals surface area (Å²) < 4.78 is 11.4. The highest BCUT2D eigenvalue weighted by Gasteiger charge is 2.31. The van der Waals surface area contributed by atoms with E-state index in [0.717, 1.165) is 4.90 Å². The van der Waals surface area contributed by atoms with Crippen molar-refractivity contribution in [1.82, 2.24) is 4.98 Å². The fourth-order valence-corrected chi connectivity index (χ4v) is 3.04. The molecular formula is C15H8Br2N2O4. The molecule has 3 heterocycles. The second-order valence-electron chi connectivity index (χ2n) is 4.36. The normalized spacial score (nSPS) is 10.5. The number of carbonyl (C=O) groups is 2. The van der Waals surface area contributed by atoms with Gasteiger partial charge in [0, 0.05) is 10.7 Å². The summed E-state index contributed by atoms with van der Waals surface area (Å²) in [7, 11) is 0. The van der Waals surface area contributed by atoms with Gasteiger partial charge in [-0.15, -0.1) is 0 Å². The third kappa shape index (κ3) is 3.13. The maximum Gasteiger partial charge on any atom is 0.302 e. The third-order valence-corrected chi connectivity index (χ3v) is 3.89. The van der Waals surface area contributed by atoms with Crippen LogP contribution in [0.1, 0.15) is 21.1 Å². The zero-order chi connectivity index (χ0) is 16.4. The van der Waals surface area contributed by atoms with Crippen molar-refractivity contribution in [3.63, 3.8) is 0 Å². The largest absolute Gasteiger partial charge is 0.459 e. The predicted octanol–water partition coefficient (Wildman–Crippen LogP) is 4.28. The average molecular weight is 440 g/mol. The van der Waals surface area contributed by atoms with E-state index in [9.17, 15) is 9.59 Å². The number of amides is 2. The molecule has 0 aromatic carbocycles. The Balaban J connectivity index is 2.10. The van der Waals surface area contributed by atoms with Crippen molar-refractivity contribution >= 4 is 49.5 Å². The van der Waals surface area contributed by atoms with E-state index in [0.29, 0.717) is 8.95 Å². The number of pyridine rings is 1. The van der Waals surface area contributed by atoms with Gasteiger partial charge in [0.05, 0.1) is 17.0 Å². The number of furan rings is 2. The summed E-state index contributed by atoms with van der Waals surface area (Å²) in [6.45, 7) is 0. The Morgan fingerprint density at radius 1 is 1.00 bits per heavy atom. The molecule has 0 aliphatic heterocycles. The number of aromatic nitrogens is 1. The first-order chi connectivity index (χ1) is 11.1. The van der Waals surface area contributed by atoms with Gasteiger partial charge in [-0.05, 0) is 62.2 Å². The van der Waals surface area contributed by atoms with E-state index >= 15 is 0 Å². The van der Waals surface area contributed by atoms with Gasteiger partial charge in [-0.3, -0.25) is 9.59 Å². The number of anilines is 1. The van der Waals surface area contributed by atoms with Crippen LogP contribution in [-0.2, 0) is 0 Å². The number of hydrogen-bond donors (Lipinski definition) is 0. The summed E-state index contributed by atoms with van der Waals surface area (Å²) in [6.07, 6.45) is 4.19. The zero-order valence-electron chi connectivity index (χ0n) is 11.4. The molecular weight excluding hydrogens is 432 g/mol. The molecule has 3 aromatic rings. The van der Waals surface area contributed by atoms with Crippen LogP contribution in [0.25, 0.3) is 0 Å². The van der Waals surface area contributed by atoms with Crippen LogP contribution in [0, 0.1) is 0 Å². The first-order valence-corrected chi connectivity index (χ1v) is 7.93. The van der Waals surface area contributed by atoms with Crippen molar-refractivity contribution < 1.29 is 18.4 Å². The Hall–Kier alpha value is -2.19. The van der Waals surface area contributed by atoms with E-state index in [4.69, 9.17) is 8.83 Å². The molecule has 0 fully saturated rings. The molecule has 3 aromatic heterocycles. The average Bonchev–Trinajstić information content (AvgIpc) is 3.22. The van der Waals surface area contributed by atoms with Crippen LogP contribution in [0.4, 0.5) is 5.82 Å². The molecule has 0 aliphatic carbocycles. The van der Waals surface area contributed by atoms with Crippen LogP contribution in [0.5, 0.6) is 0 Å². The van der Waals surface area contributed by atoms with Crippen molar-refractivity contribution in [2.75, 3.05) is 4.90 Å². The van der Waals surface area contributed by atoms with Crippen molar-refractivity contribution in [3.8, 4) is 0 Å². The Bertz CT molecular complexity index is 798. The second kappa shape index (κ2) is 6.51. The van der Waals surface area contributed by atoms with E-state index < -0.39 is 11.8 Å². The van der Waals surface area contributed by atoms with Gasteiger partial charge in [0.15, 0.2) is 17.3 Å². The molecule has 0 unspecified atom stereocenters. The number of imide groups is 1. The molecule has 2 amide bonds. The lowest BCUT2D eigenvalue weighted by Gasteiger charge is -2.19. The molecule has 0 aliphatic rings. The van der Waals surface area contributed by atoms with Gasteiger partial charge < -0.3 is 8.83 Å². The van der Waals surface area contributed by atoms with Gasteiger partial charge >= 0.3 is 11.8 Å². The van der Waals surface area contributed by atoms with E-state index in [1.165, 1.54) is 30.9 Å². The van der Waals surface area contributed by atoms with E-state index in [2.05, 4.69) is 36.8 Å². The van der Waals surface area contributed by atoms with Crippen molar-refractivity contribution in [3.05, 3.63) is 69.5 Å². The van der Waals surface area contributed by atoms with Crippen molar-refractivity contribution in [2.24, 2.45) is 0 Å². The molecule has 6 nitrogen and oxygen atoms in total. The summed E-state index contributed by atoms with van der Waals surface area (Å²) in [6, 6.07) is 7.74. The highest BCUT2D eigenvalue weighted by Crippen LogP contribution is 2.29. The van der Waals surface area contributed by atoms with Crippen LogP contribution in [-0.4, -0.2) is 16.8 Å². The Morgan fingerprint density at radius 3 is 2.00 bits per heavy atom. The van der Waals surface area contributed by atoms with Crippen LogP contribution in [0.3, 0.4) is 0 Å². The van der Waals surface area contributed by atoms with Crippen molar-refractivity contribution in [2.45, 2.75) is 0 Å². The topological polar surface area (TPSA) is 76.6 Å². The lowest BCUT2D eigenvalue weighted by molar-refractivity contribution is 0.0865. The van der Waals surface area contributed by atoms with Crippen LogP contribution in [0.15, 0.2) is 66.8 Å². The van der Waals surface area contributed by atoms with Gasteiger partial charge in [0.1, 0.15) is 0 Å². The maximum absolute atomic E-state index is 12.7. The number of hydrogen-bond acceptors (Lipinski definition) is 5.